The number of hydrogen-bond donors (Lipinski definition) is 0. The van der Waals surface area contributed by atoms with Crippen LogP contribution in [0.25, 0.3) is 0 Å². The second kappa shape index (κ2) is 7.79. The molecule has 6 heteroatoms. The molecule has 1 amide bonds. The highest BCUT2D eigenvalue weighted by Crippen LogP contribution is 2.28. The lowest BCUT2D eigenvalue weighted by molar-refractivity contribution is 0.0746. The number of benzene rings is 2. The quantitative estimate of drug-likeness (QED) is 0.847. The summed E-state index contributed by atoms with van der Waals surface area (Å²) in [5.74, 6) is 1.13. The molecule has 26 heavy (non-hydrogen) atoms. The summed E-state index contributed by atoms with van der Waals surface area (Å²) in [6, 6.07) is 14.9. The molecule has 1 heterocycles. The van der Waals surface area contributed by atoms with Crippen LogP contribution in [0, 0.1) is 11.3 Å². The van der Waals surface area contributed by atoms with Gasteiger partial charge in [0.25, 0.3) is 5.91 Å². The summed E-state index contributed by atoms with van der Waals surface area (Å²) in [6.07, 6.45) is 0. The molecule has 0 radical (unpaired) electrons. The molecule has 0 spiro atoms. The summed E-state index contributed by atoms with van der Waals surface area (Å²) >= 11 is 0. The van der Waals surface area contributed by atoms with E-state index in [0.717, 1.165) is 18.8 Å². The first-order valence-electron chi connectivity index (χ1n) is 8.42. The summed E-state index contributed by atoms with van der Waals surface area (Å²) < 4.78 is 10.5. The van der Waals surface area contributed by atoms with Gasteiger partial charge >= 0.3 is 0 Å². The van der Waals surface area contributed by atoms with Crippen molar-refractivity contribution < 1.29 is 14.3 Å². The van der Waals surface area contributed by atoms with Gasteiger partial charge in [0.2, 0.25) is 0 Å². The zero-order valence-corrected chi connectivity index (χ0v) is 14.9. The van der Waals surface area contributed by atoms with Gasteiger partial charge in [0, 0.05) is 37.4 Å². The maximum absolute atomic E-state index is 12.8. The Bertz CT molecular complexity index is 836. The molecule has 3 rings (SSSR count). The van der Waals surface area contributed by atoms with Crippen LogP contribution < -0.4 is 14.4 Å². The van der Waals surface area contributed by atoms with Crippen LogP contribution in [0.1, 0.15) is 15.9 Å². The maximum atomic E-state index is 12.8. The minimum Gasteiger partial charge on any atom is -0.493 e. The topological polar surface area (TPSA) is 65.8 Å². The molecule has 2 aromatic carbocycles. The molecule has 1 fully saturated rings. The third-order valence-corrected chi connectivity index (χ3v) is 4.54. The van der Waals surface area contributed by atoms with Crippen molar-refractivity contribution in [2.24, 2.45) is 0 Å². The summed E-state index contributed by atoms with van der Waals surface area (Å²) in [7, 11) is 3.13. The summed E-state index contributed by atoms with van der Waals surface area (Å²) in [4.78, 5) is 16.8. The Kier molecular flexibility index (Phi) is 5.28. The van der Waals surface area contributed by atoms with Gasteiger partial charge in [-0.25, -0.2) is 0 Å². The van der Waals surface area contributed by atoms with Crippen molar-refractivity contribution in [2.75, 3.05) is 45.3 Å². The zero-order chi connectivity index (χ0) is 18.5. The van der Waals surface area contributed by atoms with Gasteiger partial charge < -0.3 is 19.3 Å². The van der Waals surface area contributed by atoms with Crippen molar-refractivity contribution in [3.8, 4) is 17.6 Å². The van der Waals surface area contributed by atoms with Crippen molar-refractivity contribution >= 4 is 11.6 Å². The van der Waals surface area contributed by atoms with Gasteiger partial charge in [-0.15, -0.1) is 0 Å². The zero-order valence-electron chi connectivity index (χ0n) is 14.9. The SMILES string of the molecule is COc1ccc(C(=O)N2CCN(c3cccc(C#N)c3)CC2)cc1OC. The van der Waals surface area contributed by atoms with Crippen LogP contribution in [0.2, 0.25) is 0 Å². The molecular weight excluding hydrogens is 330 g/mol. The number of nitrogens with zero attached hydrogens (tertiary/aromatic N) is 3. The normalized spacial score (nSPS) is 13.9. The number of methoxy groups -OCH3 is 2. The standard InChI is InChI=1S/C20H21N3O3/c1-25-18-7-6-16(13-19(18)26-2)20(24)23-10-8-22(9-11-23)17-5-3-4-15(12-17)14-21/h3-7,12-13H,8-11H2,1-2H3. The largest absolute Gasteiger partial charge is 0.493 e. The number of amides is 1. The van der Waals surface area contributed by atoms with E-state index in [4.69, 9.17) is 14.7 Å². The van der Waals surface area contributed by atoms with Crippen molar-refractivity contribution in [1.82, 2.24) is 4.90 Å². The van der Waals surface area contributed by atoms with Crippen LogP contribution in [-0.2, 0) is 0 Å². The lowest BCUT2D eigenvalue weighted by atomic mass is 10.1. The van der Waals surface area contributed by atoms with E-state index in [9.17, 15) is 4.79 Å². The number of ether oxygens (including phenoxy) is 2. The number of anilines is 1. The van der Waals surface area contributed by atoms with Crippen molar-refractivity contribution in [3.05, 3.63) is 53.6 Å². The first-order chi connectivity index (χ1) is 12.7. The summed E-state index contributed by atoms with van der Waals surface area (Å²) in [5, 5.41) is 9.04. The van der Waals surface area contributed by atoms with E-state index in [2.05, 4.69) is 11.0 Å². The van der Waals surface area contributed by atoms with E-state index in [-0.39, 0.29) is 5.91 Å². The molecule has 0 saturated carbocycles. The molecule has 6 nitrogen and oxygen atoms in total. The van der Waals surface area contributed by atoms with Crippen molar-refractivity contribution in [2.45, 2.75) is 0 Å². The highest BCUT2D eigenvalue weighted by Gasteiger charge is 2.23. The van der Waals surface area contributed by atoms with E-state index in [1.165, 1.54) is 0 Å². The Labute approximate surface area is 153 Å². The Morgan fingerprint density at radius 1 is 1.00 bits per heavy atom. The van der Waals surface area contributed by atoms with Gasteiger partial charge in [-0.2, -0.15) is 5.26 Å². The van der Waals surface area contributed by atoms with Gasteiger partial charge in [0.05, 0.1) is 25.9 Å². The smallest absolute Gasteiger partial charge is 0.254 e. The summed E-state index contributed by atoms with van der Waals surface area (Å²) in [6.45, 7) is 2.72. The van der Waals surface area contributed by atoms with Crippen molar-refractivity contribution in [3.63, 3.8) is 0 Å². The number of rotatable bonds is 4. The Morgan fingerprint density at radius 2 is 1.73 bits per heavy atom. The number of hydrogen-bond acceptors (Lipinski definition) is 5. The number of nitriles is 1. The Morgan fingerprint density at radius 3 is 2.38 bits per heavy atom. The van der Waals surface area contributed by atoms with E-state index in [1.807, 2.05) is 23.1 Å². The van der Waals surface area contributed by atoms with Gasteiger partial charge in [-0.3, -0.25) is 4.79 Å². The van der Waals surface area contributed by atoms with Gasteiger partial charge in [-0.1, -0.05) is 6.07 Å². The van der Waals surface area contributed by atoms with E-state index >= 15 is 0 Å². The molecule has 0 bridgehead atoms. The molecule has 1 aliphatic heterocycles. The third kappa shape index (κ3) is 3.57. The van der Waals surface area contributed by atoms with Crippen LogP contribution in [0.5, 0.6) is 11.5 Å². The van der Waals surface area contributed by atoms with Gasteiger partial charge in [0.1, 0.15) is 0 Å². The number of piperazine rings is 1. The van der Waals surface area contributed by atoms with Crippen LogP contribution in [0.15, 0.2) is 42.5 Å². The van der Waals surface area contributed by atoms with Crippen LogP contribution >= 0.6 is 0 Å². The fourth-order valence-corrected chi connectivity index (χ4v) is 3.09. The monoisotopic (exact) mass is 351 g/mol. The molecule has 2 aromatic rings. The van der Waals surface area contributed by atoms with Crippen molar-refractivity contribution in [1.29, 1.82) is 5.26 Å². The second-order valence-corrected chi connectivity index (χ2v) is 6.01. The van der Waals surface area contributed by atoms with Crippen LogP contribution in [0.3, 0.4) is 0 Å². The highest BCUT2D eigenvalue weighted by molar-refractivity contribution is 5.95. The average molecular weight is 351 g/mol. The Hall–Kier alpha value is -3.20. The van der Waals surface area contributed by atoms with E-state index in [0.29, 0.717) is 35.7 Å². The predicted molar refractivity (Wildman–Crippen MR) is 98.8 cm³/mol. The fraction of sp³-hybridized carbons (Fsp3) is 0.300. The highest BCUT2D eigenvalue weighted by atomic mass is 16.5. The second-order valence-electron chi connectivity index (χ2n) is 6.01. The van der Waals surface area contributed by atoms with E-state index < -0.39 is 0 Å². The fourth-order valence-electron chi connectivity index (χ4n) is 3.09. The molecule has 0 unspecified atom stereocenters. The van der Waals surface area contributed by atoms with Crippen LogP contribution in [0.4, 0.5) is 5.69 Å². The molecule has 0 atom stereocenters. The predicted octanol–water partition coefficient (Wildman–Crippen LogP) is 2.54. The lowest BCUT2D eigenvalue weighted by Crippen LogP contribution is -2.48. The maximum Gasteiger partial charge on any atom is 0.254 e. The van der Waals surface area contributed by atoms with Gasteiger partial charge in [0.15, 0.2) is 11.5 Å². The molecule has 134 valence electrons. The summed E-state index contributed by atoms with van der Waals surface area (Å²) in [5.41, 5.74) is 2.25. The third-order valence-electron chi connectivity index (χ3n) is 4.54. The molecule has 0 N–H and O–H groups in total. The minimum absolute atomic E-state index is 0.0172. The molecule has 1 saturated heterocycles. The first-order valence-corrected chi connectivity index (χ1v) is 8.42. The molecular formula is C20H21N3O3. The first kappa shape index (κ1) is 17.6. The Balaban J connectivity index is 1.68. The van der Waals surface area contributed by atoms with E-state index in [1.54, 1.807) is 38.5 Å². The van der Waals surface area contributed by atoms with Crippen LogP contribution in [-0.4, -0.2) is 51.2 Å². The molecule has 1 aliphatic rings. The molecule has 0 aliphatic carbocycles. The number of carbonyl (C=O) groups is 1. The molecule has 0 aromatic heterocycles. The number of carbonyl (C=O) groups excluding carboxylic acids is 1. The minimum atomic E-state index is -0.0172. The average Bonchev–Trinajstić information content (AvgIpc) is 2.72. The van der Waals surface area contributed by atoms with Gasteiger partial charge in [-0.05, 0) is 36.4 Å². The lowest BCUT2D eigenvalue weighted by Gasteiger charge is -2.36.